The minimum Gasteiger partial charge on any atom is -0.483 e. The van der Waals surface area contributed by atoms with Gasteiger partial charge in [0.2, 0.25) is 11.0 Å². The molecule has 10 heteroatoms. The number of anilines is 1. The molecule has 0 aliphatic heterocycles. The molecular formula is C25H32N6O2S2. The van der Waals surface area contributed by atoms with Crippen LogP contribution >= 0.6 is 23.1 Å². The lowest BCUT2D eigenvalue weighted by Crippen LogP contribution is -2.15. The molecule has 8 nitrogen and oxygen atoms in total. The van der Waals surface area contributed by atoms with Gasteiger partial charge in [-0.3, -0.25) is 14.7 Å². The van der Waals surface area contributed by atoms with Gasteiger partial charge in [0.15, 0.2) is 17.1 Å². The molecule has 2 aromatic heterocycles. The van der Waals surface area contributed by atoms with Gasteiger partial charge in [-0.1, -0.05) is 54.5 Å². The van der Waals surface area contributed by atoms with E-state index in [4.69, 9.17) is 4.74 Å². The van der Waals surface area contributed by atoms with E-state index in [0.717, 1.165) is 23.6 Å². The monoisotopic (exact) mass is 512 g/mol. The summed E-state index contributed by atoms with van der Waals surface area (Å²) in [6, 6.07) is 6.02. The highest BCUT2D eigenvalue weighted by Gasteiger charge is 2.22. The van der Waals surface area contributed by atoms with Crippen molar-refractivity contribution in [3.63, 3.8) is 0 Å². The Kier molecular flexibility index (Phi) is 8.56. The van der Waals surface area contributed by atoms with E-state index in [0.29, 0.717) is 28.6 Å². The van der Waals surface area contributed by atoms with Crippen LogP contribution in [0.1, 0.15) is 73.0 Å². The Morgan fingerprint density at radius 3 is 2.77 bits per heavy atom. The maximum Gasteiger partial charge on any atom is 0.236 e. The van der Waals surface area contributed by atoms with Crippen molar-refractivity contribution in [3.8, 4) is 5.75 Å². The Labute approximate surface area is 214 Å². The predicted octanol–water partition coefficient (Wildman–Crippen LogP) is 5.85. The predicted molar refractivity (Wildman–Crippen MR) is 140 cm³/mol. The first-order chi connectivity index (χ1) is 16.9. The molecule has 1 N–H and O–H groups in total. The Hall–Kier alpha value is -2.72. The van der Waals surface area contributed by atoms with Crippen LogP contribution in [0.15, 0.2) is 36.0 Å². The molecule has 1 aliphatic rings. The molecule has 2 heterocycles. The summed E-state index contributed by atoms with van der Waals surface area (Å²) < 4.78 is 8.07. The number of hydrogen-bond acceptors (Lipinski definition) is 8. The smallest absolute Gasteiger partial charge is 0.236 e. The summed E-state index contributed by atoms with van der Waals surface area (Å²) >= 11 is 2.81. The molecule has 0 radical (unpaired) electrons. The molecule has 0 saturated heterocycles. The number of aromatic nitrogens is 5. The van der Waals surface area contributed by atoms with Crippen LogP contribution in [0.4, 0.5) is 5.13 Å². The van der Waals surface area contributed by atoms with Crippen LogP contribution in [-0.2, 0) is 11.3 Å². The summed E-state index contributed by atoms with van der Waals surface area (Å²) in [4.78, 5) is 12.6. The first-order valence-corrected chi connectivity index (χ1v) is 13.8. The van der Waals surface area contributed by atoms with E-state index in [2.05, 4.69) is 46.1 Å². The van der Waals surface area contributed by atoms with Crippen LogP contribution in [0.5, 0.6) is 5.75 Å². The Balaban J connectivity index is 1.36. The maximum absolute atomic E-state index is 12.6. The van der Waals surface area contributed by atoms with Gasteiger partial charge in [0.25, 0.3) is 0 Å². The molecule has 1 atom stereocenters. The average Bonchev–Trinajstić information content (AvgIpc) is 3.48. The van der Waals surface area contributed by atoms with Crippen molar-refractivity contribution in [1.29, 1.82) is 0 Å². The van der Waals surface area contributed by atoms with Crippen molar-refractivity contribution >= 4 is 34.1 Å². The minimum atomic E-state index is -0.313. The zero-order valence-corrected chi connectivity index (χ0v) is 22.1. The highest BCUT2D eigenvalue weighted by molar-refractivity contribution is 7.99. The van der Waals surface area contributed by atoms with Gasteiger partial charge in [0, 0.05) is 12.5 Å². The third-order valence-electron chi connectivity index (χ3n) is 6.19. The molecule has 4 rings (SSSR count). The van der Waals surface area contributed by atoms with Gasteiger partial charge >= 0.3 is 0 Å². The third kappa shape index (κ3) is 6.49. The summed E-state index contributed by atoms with van der Waals surface area (Å²) in [5.74, 6) is 2.00. The Morgan fingerprint density at radius 1 is 1.23 bits per heavy atom. The lowest BCUT2D eigenvalue weighted by Gasteiger charge is -2.18. The van der Waals surface area contributed by atoms with Crippen molar-refractivity contribution in [2.24, 2.45) is 0 Å². The molecule has 0 bridgehead atoms. The number of ether oxygens (including phenoxy) is 1. The second-order valence-electron chi connectivity index (χ2n) is 8.86. The molecular weight excluding hydrogens is 480 g/mol. The van der Waals surface area contributed by atoms with E-state index in [1.165, 1.54) is 53.5 Å². The molecule has 35 heavy (non-hydrogen) atoms. The first kappa shape index (κ1) is 25.4. The largest absolute Gasteiger partial charge is 0.483 e. The van der Waals surface area contributed by atoms with Crippen LogP contribution in [-0.4, -0.2) is 36.6 Å². The summed E-state index contributed by atoms with van der Waals surface area (Å²) in [6.07, 6.45) is 7.57. The number of carbonyl (C=O) groups excluding carboxylic acids is 1. The van der Waals surface area contributed by atoms with E-state index in [9.17, 15) is 4.79 Å². The zero-order valence-electron chi connectivity index (χ0n) is 20.5. The summed E-state index contributed by atoms with van der Waals surface area (Å²) in [5.41, 5.74) is 2.39. The third-order valence-corrected chi connectivity index (χ3v) is 8.15. The average molecular weight is 513 g/mol. The Bertz CT molecular complexity index is 1170. The van der Waals surface area contributed by atoms with Crippen molar-refractivity contribution in [3.05, 3.63) is 52.8 Å². The van der Waals surface area contributed by atoms with Crippen molar-refractivity contribution in [1.82, 2.24) is 25.0 Å². The number of amides is 1. The molecule has 1 fully saturated rings. The number of hydrogen-bond donors (Lipinski definition) is 1. The van der Waals surface area contributed by atoms with Gasteiger partial charge < -0.3 is 4.74 Å². The van der Waals surface area contributed by atoms with E-state index in [-0.39, 0.29) is 17.8 Å². The van der Waals surface area contributed by atoms with E-state index in [1.54, 1.807) is 6.08 Å². The number of allylic oxidation sites excluding steroid dienone is 1. The zero-order chi connectivity index (χ0) is 24.8. The first-order valence-electron chi connectivity index (χ1n) is 12.0. The SMILES string of the molecule is C=CCn1c(SCC(=O)Nc2nnc(C3CCCCC3)s2)nnc1C(C)Oc1ccc(C)c(C)c1. The van der Waals surface area contributed by atoms with Crippen molar-refractivity contribution < 1.29 is 9.53 Å². The second-order valence-corrected chi connectivity index (χ2v) is 10.8. The minimum absolute atomic E-state index is 0.143. The van der Waals surface area contributed by atoms with Crippen LogP contribution in [0.2, 0.25) is 0 Å². The van der Waals surface area contributed by atoms with E-state index >= 15 is 0 Å². The fraction of sp³-hybridized carbons (Fsp3) is 0.480. The number of carbonyl (C=O) groups is 1. The molecule has 1 aromatic carbocycles. The fourth-order valence-electron chi connectivity index (χ4n) is 4.14. The lowest BCUT2D eigenvalue weighted by atomic mass is 9.90. The summed E-state index contributed by atoms with van der Waals surface area (Å²) in [5, 5.41) is 22.3. The van der Waals surface area contributed by atoms with Crippen LogP contribution < -0.4 is 10.1 Å². The standard InChI is InChI=1S/C25H32N6O2S2/c1-5-13-31-22(18(4)33-20-12-11-16(2)17(3)14-20)27-30-25(31)34-15-21(32)26-24-29-28-23(35-24)19-9-7-6-8-10-19/h5,11-12,14,18-19H,1,6-10,13,15H2,2-4H3,(H,26,29,32). The Morgan fingerprint density at radius 2 is 2.03 bits per heavy atom. The molecule has 1 amide bonds. The van der Waals surface area contributed by atoms with Crippen LogP contribution in [0.3, 0.4) is 0 Å². The quantitative estimate of drug-likeness (QED) is 0.269. The molecule has 1 saturated carbocycles. The number of benzene rings is 1. The number of nitrogens with zero attached hydrogens (tertiary/aromatic N) is 5. The highest BCUT2D eigenvalue weighted by Crippen LogP contribution is 2.35. The molecule has 0 spiro atoms. The van der Waals surface area contributed by atoms with Crippen LogP contribution in [0, 0.1) is 13.8 Å². The van der Waals surface area contributed by atoms with Gasteiger partial charge in [-0.25, -0.2) is 0 Å². The van der Waals surface area contributed by atoms with Gasteiger partial charge in [-0.15, -0.1) is 27.0 Å². The van der Waals surface area contributed by atoms with E-state index < -0.39 is 0 Å². The topological polar surface area (TPSA) is 94.8 Å². The number of rotatable bonds is 10. The van der Waals surface area contributed by atoms with Gasteiger partial charge in [0.05, 0.1) is 5.75 Å². The molecule has 186 valence electrons. The number of nitrogens with one attached hydrogen (secondary N) is 1. The summed E-state index contributed by atoms with van der Waals surface area (Å²) in [7, 11) is 0. The van der Waals surface area contributed by atoms with E-state index in [1.807, 2.05) is 29.7 Å². The maximum atomic E-state index is 12.6. The highest BCUT2D eigenvalue weighted by atomic mass is 32.2. The number of thioether (sulfide) groups is 1. The normalized spacial score (nSPS) is 15.1. The number of aryl methyl sites for hydroxylation is 2. The molecule has 1 aliphatic carbocycles. The van der Waals surface area contributed by atoms with Crippen molar-refractivity contribution in [2.45, 2.75) is 76.6 Å². The molecule has 1 unspecified atom stereocenters. The summed E-state index contributed by atoms with van der Waals surface area (Å²) in [6.45, 7) is 10.5. The van der Waals surface area contributed by atoms with Gasteiger partial charge in [-0.05, 0) is 56.9 Å². The van der Waals surface area contributed by atoms with Gasteiger partial charge in [0.1, 0.15) is 10.8 Å². The second kappa shape index (κ2) is 11.8. The van der Waals surface area contributed by atoms with Gasteiger partial charge in [-0.2, -0.15) is 0 Å². The fourth-order valence-corrected chi connectivity index (χ4v) is 5.82. The van der Waals surface area contributed by atoms with Crippen LogP contribution in [0.25, 0.3) is 0 Å². The lowest BCUT2D eigenvalue weighted by molar-refractivity contribution is -0.113. The van der Waals surface area contributed by atoms with Crippen molar-refractivity contribution in [2.75, 3.05) is 11.1 Å². The molecule has 3 aromatic rings.